The van der Waals surface area contributed by atoms with Gasteiger partial charge in [-0.05, 0) is 37.7 Å². The summed E-state index contributed by atoms with van der Waals surface area (Å²) < 4.78 is 0. The molecule has 0 spiro atoms. The van der Waals surface area contributed by atoms with Crippen molar-refractivity contribution >= 4 is 17.8 Å². The number of carbonyl (C=O) groups is 2. The molecule has 1 saturated carbocycles. The van der Waals surface area contributed by atoms with Crippen molar-refractivity contribution in [1.29, 1.82) is 0 Å². The second-order valence-electron chi connectivity index (χ2n) is 8.79. The average Bonchev–Trinajstić information content (AvgIpc) is 3.42. The van der Waals surface area contributed by atoms with Crippen molar-refractivity contribution in [2.45, 2.75) is 33.1 Å². The van der Waals surface area contributed by atoms with E-state index in [-0.39, 0.29) is 35.5 Å². The van der Waals surface area contributed by atoms with Crippen molar-refractivity contribution in [2.24, 2.45) is 28.7 Å². The molecule has 1 aromatic carbocycles. The Morgan fingerprint density at radius 3 is 2.33 bits per heavy atom. The van der Waals surface area contributed by atoms with Gasteiger partial charge in [0.15, 0.2) is 5.96 Å². The maximum atomic E-state index is 12.8. The molecular weight excluding hydrogens is 376 g/mol. The smallest absolute Gasteiger partial charge is 0.233 e. The van der Waals surface area contributed by atoms with Crippen LogP contribution in [0.15, 0.2) is 41.4 Å². The van der Waals surface area contributed by atoms with Gasteiger partial charge in [0.05, 0.1) is 11.8 Å². The van der Waals surface area contributed by atoms with Crippen molar-refractivity contribution in [1.82, 2.24) is 15.5 Å². The van der Waals surface area contributed by atoms with Crippen LogP contribution in [0.4, 0.5) is 0 Å². The number of allylic oxidation sites excluding steroid dienone is 2. The van der Waals surface area contributed by atoms with E-state index in [0.29, 0.717) is 25.6 Å². The zero-order chi connectivity index (χ0) is 21.3. The fraction of sp³-hybridized carbons (Fsp3) is 0.542. The highest BCUT2D eigenvalue weighted by atomic mass is 16.2. The lowest BCUT2D eigenvalue weighted by atomic mass is 9.85. The van der Waals surface area contributed by atoms with E-state index in [1.54, 1.807) is 0 Å². The number of carbonyl (C=O) groups excluding carboxylic acids is 2. The van der Waals surface area contributed by atoms with Crippen LogP contribution in [-0.2, 0) is 9.59 Å². The highest BCUT2D eigenvalue weighted by molar-refractivity contribution is 6.06. The number of nitrogens with one attached hydrogen (secondary N) is 2. The molecule has 4 rings (SSSR count). The molecule has 5 atom stereocenters. The zero-order valence-electron chi connectivity index (χ0n) is 18.1. The third-order valence-electron chi connectivity index (χ3n) is 6.70. The van der Waals surface area contributed by atoms with Crippen LogP contribution in [-0.4, -0.2) is 48.9 Å². The van der Waals surface area contributed by atoms with Gasteiger partial charge in [0.1, 0.15) is 0 Å². The van der Waals surface area contributed by atoms with Gasteiger partial charge >= 0.3 is 0 Å². The van der Waals surface area contributed by atoms with Gasteiger partial charge in [-0.15, -0.1) is 0 Å². The molecule has 2 fully saturated rings. The summed E-state index contributed by atoms with van der Waals surface area (Å²) in [6.07, 6.45) is 5.23. The molecule has 1 aromatic rings. The van der Waals surface area contributed by atoms with E-state index in [4.69, 9.17) is 4.99 Å². The summed E-state index contributed by atoms with van der Waals surface area (Å²) in [6, 6.07) is 8.55. The minimum absolute atomic E-state index is 0.0126. The summed E-state index contributed by atoms with van der Waals surface area (Å²) in [6.45, 7) is 8.60. The van der Waals surface area contributed by atoms with Gasteiger partial charge in [-0.1, -0.05) is 48.9 Å². The van der Waals surface area contributed by atoms with Gasteiger partial charge in [-0.25, -0.2) is 0 Å². The molecule has 6 nitrogen and oxygen atoms in total. The van der Waals surface area contributed by atoms with Crippen LogP contribution < -0.4 is 10.6 Å². The monoisotopic (exact) mass is 408 g/mol. The number of guanidine groups is 1. The molecule has 2 amide bonds. The van der Waals surface area contributed by atoms with Crippen molar-refractivity contribution in [3.63, 3.8) is 0 Å². The second-order valence-corrected chi connectivity index (χ2v) is 8.79. The minimum Gasteiger partial charge on any atom is -0.357 e. The molecule has 0 aromatic heterocycles. The van der Waals surface area contributed by atoms with Crippen LogP contribution in [0.2, 0.25) is 0 Å². The highest BCUT2D eigenvalue weighted by Gasteiger charge is 2.58. The number of aliphatic imine (C=N–C) groups is 1. The molecule has 160 valence electrons. The number of rotatable bonds is 7. The summed E-state index contributed by atoms with van der Waals surface area (Å²) in [5.41, 5.74) is 2.52. The molecule has 0 radical (unpaired) electrons. The maximum absolute atomic E-state index is 12.8. The van der Waals surface area contributed by atoms with Crippen LogP contribution in [0.5, 0.6) is 0 Å². The first-order valence-corrected chi connectivity index (χ1v) is 11.1. The molecule has 6 heteroatoms. The molecular formula is C24H32N4O2. The Kier molecular flexibility index (Phi) is 5.93. The van der Waals surface area contributed by atoms with E-state index in [1.807, 2.05) is 6.92 Å². The van der Waals surface area contributed by atoms with Crippen LogP contribution >= 0.6 is 0 Å². The maximum Gasteiger partial charge on any atom is 0.233 e. The van der Waals surface area contributed by atoms with E-state index in [1.165, 1.54) is 16.0 Å². The number of hydrogen-bond acceptors (Lipinski definition) is 3. The number of benzene rings is 1. The Hall–Kier alpha value is -2.63. The lowest BCUT2D eigenvalue weighted by molar-refractivity contribution is -0.140. The van der Waals surface area contributed by atoms with Gasteiger partial charge < -0.3 is 10.6 Å². The molecule has 5 unspecified atom stereocenters. The number of aryl methyl sites for hydroxylation is 1. The predicted molar refractivity (Wildman–Crippen MR) is 118 cm³/mol. The van der Waals surface area contributed by atoms with Gasteiger partial charge in [0, 0.05) is 32.1 Å². The van der Waals surface area contributed by atoms with Gasteiger partial charge in [-0.3, -0.25) is 19.5 Å². The average molecular weight is 409 g/mol. The van der Waals surface area contributed by atoms with Crippen LogP contribution in [0.3, 0.4) is 0 Å². The van der Waals surface area contributed by atoms with Crippen molar-refractivity contribution < 1.29 is 9.59 Å². The van der Waals surface area contributed by atoms with Crippen molar-refractivity contribution in [3.05, 3.63) is 47.5 Å². The molecule has 2 aliphatic carbocycles. The first-order chi connectivity index (χ1) is 14.5. The molecule has 1 heterocycles. The highest BCUT2D eigenvalue weighted by Crippen LogP contribution is 2.52. The summed E-state index contributed by atoms with van der Waals surface area (Å²) >= 11 is 0. The summed E-state index contributed by atoms with van der Waals surface area (Å²) in [7, 11) is 0. The summed E-state index contributed by atoms with van der Waals surface area (Å²) in [5.74, 6) is 1.34. The molecule has 30 heavy (non-hydrogen) atoms. The fourth-order valence-corrected chi connectivity index (χ4v) is 5.04. The van der Waals surface area contributed by atoms with Gasteiger partial charge in [-0.2, -0.15) is 0 Å². The lowest BCUT2D eigenvalue weighted by Gasteiger charge is -2.19. The SMILES string of the molecule is CCNC(=NCC(C)c1ccc(C)cc1)NCCN1C(=O)C2C3C=CC(C3)C2C1=O. The van der Waals surface area contributed by atoms with Crippen LogP contribution in [0.25, 0.3) is 0 Å². The first-order valence-electron chi connectivity index (χ1n) is 11.1. The van der Waals surface area contributed by atoms with E-state index >= 15 is 0 Å². The topological polar surface area (TPSA) is 73.8 Å². The Morgan fingerprint density at radius 1 is 1.10 bits per heavy atom. The number of amides is 2. The van der Waals surface area contributed by atoms with Crippen LogP contribution in [0, 0.1) is 30.6 Å². The molecule has 1 aliphatic heterocycles. The number of nitrogens with zero attached hydrogens (tertiary/aromatic N) is 2. The third-order valence-corrected chi connectivity index (χ3v) is 6.70. The lowest BCUT2D eigenvalue weighted by Crippen LogP contribution is -2.43. The summed E-state index contributed by atoms with van der Waals surface area (Å²) in [4.78, 5) is 31.7. The Labute approximate surface area is 178 Å². The van der Waals surface area contributed by atoms with Crippen LogP contribution in [0.1, 0.15) is 37.3 Å². The van der Waals surface area contributed by atoms with Crippen molar-refractivity contribution in [3.8, 4) is 0 Å². The summed E-state index contributed by atoms with van der Waals surface area (Å²) in [5, 5.41) is 6.54. The Bertz CT molecular complexity index is 830. The second kappa shape index (κ2) is 8.62. The van der Waals surface area contributed by atoms with E-state index in [2.05, 4.69) is 60.9 Å². The number of hydrogen-bond donors (Lipinski definition) is 2. The predicted octanol–water partition coefficient (Wildman–Crippen LogP) is 2.46. The first kappa shape index (κ1) is 20.6. The molecule has 2 N–H and O–H groups in total. The van der Waals surface area contributed by atoms with Gasteiger partial charge in [0.2, 0.25) is 11.8 Å². The number of likely N-dealkylation sites (tertiary alicyclic amines) is 1. The van der Waals surface area contributed by atoms with E-state index < -0.39 is 0 Å². The standard InChI is InChI=1S/C24H32N4O2/c1-4-25-24(27-14-16(3)17-7-5-15(2)6-8-17)26-11-12-28-22(29)20-18-9-10-19(13-18)21(20)23(28)30/h5-10,16,18-21H,4,11-14H2,1-3H3,(H2,25,26,27). The largest absolute Gasteiger partial charge is 0.357 e. The quantitative estimate of drug-likeness (QED) is 0.315. The van der Waals surface area contributed by atoms with Gasteiger partial charge in [0.25, 0.3) is 0 Å². The normalized spacial score (nSPS) is 28.2. The molecule has 3 aliphatic rings. The zero-order valence-corrected chi connectivity index (χ0v) is 18.1. The molecule has 2 bridgehead atoms. The van der Waals surface area contributed by atoms with E-state index in [9.17, 15) is 9.59 Å². The number of fused-ring (bicyclic) bond motifs is 5. The minimum atomic E-state index is -0.121. The number of imide groups is 1. The molecule has 1 saturated heterocycles. The fourth-order valence-electron chi connectivity index (χ4n) is 5.04. The Balaban J connectivity index is 1.31. The third kappa shape index (κ3) is 3.87. The van der Waals surface area contributed by atoms with E-state index in [0.717, 1.165) is 18.9 Å². The van der Waals surface area contributed by atoms with Crippen molar-refractivity contribution in [2.75, 3.05) is 26.2 Å². The Morgan fingerprint density at radius 2 is 1.73 bits per heavy atom.